The van der Waals surface area contributed by atoms with Gasteiger partial charge in [-0.1, -0.05) is 99.0 Å². The highest BCUT2D eigenvalue weighted by Crippen LogP contribution is 2.18. The maximum absolute atomic E-state index is 10.8. The van der Waals surface area contributed by atoms with E-state index < -0.39 is 0 Å². The summed E-state index contributed by atoms with van der Waals surface area (Å²) in [5.74, 6) is 0. The van der Waals surface area contributed by atoms with Gasteiger partial charge < -0.3 is 4.48 Å². The van der Waals surface area contributed by atoms with Gasteiger partial charge in [0.05, 0.1) is 6.54 Å². The summed E-state index contributed by atoms with van der Waals surface area (Å²) < 4.78 is 0.735. The van der Waals surface area contributed by atoms with Gasteiger partial charge in [-0.15, -0.1) is 0 Å². The van der Waals surface area contributed by atoms with Crippen molar-refractivity contribution in [1.29, 1.82) is 0 Å². The van der Waals surface area contributed by atoms with E-state index in [1.807, 2.05) is 18.2 Å². The van der Waals surface area contributed by atoms with Gasteiger partial charge in [0.2, 0.25) is 0 Å². The van der Waals surface area contributed by atoms with Gasteiger partial charge in [0.25, 0.3) is 0 Å². The Morgan fingerprint density at radius 3 is 1.68 bits per heavy atom. The van der Waals surface area contributed by atoms with Crippen molar-refractivity contribution in [3.8, 4) is 0 Å². The molecule has 0 aliphatic rings. The molecule has 0 radical (unpaired) electrons. The molecule has 0 aromatic heterocycles. The van der Waals surface area contributed by atoms with Crippen molar-refractivity contribution in [2.45, 2.75) is 77.7 Å². The van der Waals surface area contributed by atoms with E-state index in [9.17, 15) is 9.81 Å². The Kier molecular flexibility index (Phi) is 14.3. The number of nitroso groups, excluding NO2 is 2. The maximum Gasteiger partial charge on any atom is 0.130 e. The molecule has 0 spiro atoms. The van der Waals surface area contributed by atoms with E-state index >= 15 is 0 Å². The van der Waals surface area contributed by atoms with Gasteiger partial charge >= 0.3 is 0 Å². The molecule has 0 amide bonds. The lowest BCUT2D eigenvalue weighted by molar-refractivity contribution is -0.938. The first-order valence-electron chi connectivity index (χ1n) is 11.2. The summed E-state index contributed by atoms with van der Waals surface area (Å²) in [7, 11) is 0. The summed E-state index contributed by atoms with van der Waals surface area (Å²) >= 11 is 0. The summed E-state index contributed by atoms with van der Waals surface area (Å²) in [6.45, 7) is 6.04. The highest BCUT2D eigenvalue weighted by molar-refractivity contribution is 5.13. The number of unbranched alkanes of at least 4 members (excludes halogenated alkanes) is 9. The lowest BCUT2D eigenvalue weighted by Crippen LogP contribution is -2.51. The first-order chi connectivity index (χ1) is 13.8. The molecule has 0 aliphatic heterocycles. The van der Waals surface area contributed by atoms with Crippen molar-refractivity contribution in [2.24, 2.45) is 10.4 Å². The summed E-state index contributed by atoms with van der Waals surface area (Å²) in [6, 6.07) is 10.3. The monoisotopic (exact) mass is 390 g/mol. The highest BCUT2D eigenvalue weighted by Gasteiger charge is 2.27. The van der Waals surface area contributed by atoms with Crippen molar-refractivity contribution in [2.75, 3.05) is 32.7 Å². The quantitative estimate of drug-likeness (QED) is 0.155. The molecule has 1 aromatic carbocycles. The number of nitrogens with zero attached hydrogens (tertiary/aromatic N) is 3. The predicted octanol–water partition coefficient (Wildman–Crippen LogP) is 6.46. The largest absolute Gasteiger partial charge is 0.317 e. The van der Waals surface area contributed by atoms with Crippen LogP contribution in [0.2, 0.25) is 0 Å². The van der Waals surface area contributed by atoms with E-state index in [1.54, 1.807) is 0 Å². The Bertz CT molecular complexity index is 496. The van der Waals surface area contributed by atoms with Crippen LogP contribution in [0.5, 0.6) is 0 Å². The number of hydrogen-bond donors (Lipinski definition) is 0. The van der Waals surface area contributed by atoms with Crippen molar-refractivity contribution in [3.05, 3.63) is 45.7 Å². The molecular weight excluding hydrogens is 350 g/mol. The molecule has 5 nitrogen and oxygen atoms in total. The standard InChI is InChI=1S/C23H40N3O2/c1-2-3-4-5-6-7-8-9-10-14-19-26(20-17-24-27,21-18-25-28)22-23-15-12-11-13-16-23/h11-13,15-16H,2-10,14,17-22H2,1H3/q+1. The van der Waals surface area contributed by atoms with Crippen LogP contribution < -0.4 is 0 Å². The zero-order valence-corrected chi connectivity index (χ0v) is 17.9. The molecule has 5 heteroatoms. The second kappa shape index (κ2) is 16.3. The van der Waals surface area contributed by atoms with E-state index in [0.29, 0.717) is 26.2 Å². The average molecular weight is 391 g/mol. The van der Waals surface area contributed by atoms with Crippen molar-refractivity contribution < 1.29 is 4.48 Å². The summed E-state index contributed by atoms with van der Waals surface area (Å²) in [6.07, 6.45) is 13.1. The lowest BCUT2D eigenvalue weighted by Gasteiger charge is -2.38. The normalized spacial score (nSPS) is 11.5. The Morgan fingerprint density at radius 2 is 1.18 bits per heavy atom. The van der Waals surface area contributed by atoms with E-state index in [2.05, 4.69) is 29.4 Å². The molecule has 1 rings (SSSR count). The second-order valence-corrected chi connectivity index (χ2v) is 8.04. The van der Waals surface area contributed by atoms with E-state index in [4.69, 9.17) is 0 Å². The minimum Gasteiger partial charge on any atom is -0.317 e. The number of hydrogen-bond acceptors (Lipinski definition) is 4. The van der Waals surface area contributed by atoms with Gasteiger partial charge in [0.1, 0.15) is 32.7 Å². The van der Waals surface area contributed by atoms with Crippen LogP contribution in [0.15, 0.2) is 40.7 Å². The third kappa shape index (κ3) is 11.3. The predicted molar refractivity (Wildman–Crippen MR) is 118 cm³/mol. The Morgan fingerprint density at radius 1 is 0.679 bits per heavy atom. The van der Waals surface area contributed by atoms with Crippen LogP contribution in [0, 0.1) is 9.81 Å². The zero-order valence-electron chi connectivity index (χ0n) is 17.9. The van der Waals surface area contributed by atoms with Gasteiger partial charge in [-0.05, 0) is 12.8 Å². The summed E-state index contributed by atoms with van der Waals surface area (Å²) in [4.78, 5) is 21.6. The minimum absolute atomic E-state index is 0.295. The molecule has 0 saturated heterocycles. The van der Waals surface area contributed by atoms with Crippen LogP contribution in [-0.2, 0) is 6.54 Å². The molecule has 0 heterocycles. The molecule has 1 aromatic rings. The van der Waals surface area contributed by atoms with Crippen LogP contribution in [0.3, 0.4) is 0 Å². The minimum atomic E-state index is 0.295. The number of benzene rings is 1. The fourth-order valence-electron chi connectivity index (χ4n) is 3.98. The maximum atomic E-state index is 10.8. The third-order valence-corrected chi connectivity index (χ3v) is 5.68. The van der Waals surface area contributed by atoms with E-state index in [-0.39, 0.29) is 0 Å². The molecule has 0 atom stereocenters. The first kappa shape index (κ1) is 24.4. The molecular formula is C23H40N3O2+. The summed E-state index contributed by atoms with van der Waals surface area (Å²) in [5, 5.41) is 6.19. The fraction of sp³-hybridized carbons (Fsp3) is 0.739. The van der Waals surface area contributed by atoms with Crippen molar-refractivity contribution >= 4 is 0 Å². The lowest BCUT2D eigenvalue weighted by atomic mass is 10.1. The van der Waals surface area contributed by atoms with Gasteiger partial charge in [-0.2, -0.15) is 9.81 Å². The molecule has 0 bridgehead atoms. The van der Waals surface area contributed by atoms with Gasteiger partial charge in [0, 0.05) is 5.56 Å². The third-order valence-electron chi connectivity index (χ3n) is 5.68. The van der Waals surface area contributed by atoms with Gasteiger partial charge in [0.15, 0.2) is 0 Å². The van der Waals surface area contributed by atoms with Crippen molar-refractivity contribution in [3.63, 3.8) is 0 Å². The van der Waals surface area contributed by atoms with Gasteiger partial charge in [-0.3, -0.25) is 0 Å². The highest BCUT2D eigenvalue weighted by atomic mass is 16.3. The van der Waals surface area contributed by atoms with E-state index in [0.717, 1.165) is 24.0 Å². The van der Waals surface area contributed by atoms with E-state index in [1.165, 1.54) is 63.4 Å². The van der Waals surface area contributed by atoms with Crippen molar-refractivity contribution in [1.82, 2.24) is 0 Å². The molecule has 158 valence electrons. The van der Waals surface area contributed by atoms with Crippen LogP contribution in [0.25, 0.3) is 0 Å². The Balaban J connectivity index is 2.45. The summed E-state index contributed by atoms with van der Waals surface area (Å²) in [5.41, 5.74) is 1.24. The molecule has 0 fully saturated rings. The topological polar surface area (TPSA) is 58.9 Å². The van der Waals surface area contributed by atoms with Gasteiger partial charge in [-0.25, -0.2) is 0 Å². The molecule has 0 aliphatic carbocycles. The average Bonchev–Trinajstić information content (AvgIpc) is 2.72. The molecule has 0 unspecified atom stereocenters. The Labute approximate surface area is 171 Å². The fourth-order valence-corrected chi connectivity index (χ4v) is 3.98. The molecule has 0 saturated carbocycles. The zero-order chi connectivity index (χ0) is 20.3. The van der Waals surface area contributed by atoms with Crippen LogP contribution in [0.4, 0.5) is 0 Å². The smallest absolute Gasteiger partial charge is 0.130 e. The molecule has 28 heavy (non-hydrogen) atoms. The first-order valence-corrected chi connectivity index (χ1v) is 11.2. The van der Waals surface area contributed by atoms with Crippen LogP contribution >= 0.6 is 0 Å². The van der Waals surface area contributed by atoms with Crippen LogP contribution in [-0.4, -0.2) is 37.2 Å². The second-order valence-electron chi connectivity index (χ2n) is 8.04. The SMILES string of the molecule is CCCCCCCCCCCC[N+](CCN=O)(CCN=O)Cc1ccccc1. The number of quaternary nitrogens is 1. The van der Waals surface area contributed by atoms with Crippen LogP contribution in [0.1, 0.15) is 76.7 Å². The number of rotatable bonds is 19. The Hall–Kier alpha value is -1.62. The molecule has 0 N–H and O–H groups in total.